The number of benzene rings is 1. The van der Waals surface area contributed by atoms with Gasteiger partial charge in [-0.2, -0.15) is 0 Å². The molecule has 3 nitrogen and oxygen atoms in total. The summed E-state index contributed by atoms with van der Waals surface area (Å²) in [6, 6.07) is 7.30. The number of hydrogen-bond donors (Lipinski definition) is 0. The van der Waals surface area contributed by atoms with Crippen LogP contribution in [0.25, 0.3) is 0 Å². The van der Waals surface area contributed by atoms with E-state index < -0.39 is 0 Å². The summed E-state index contributed by atoms with van der Waals surface area (Å²) in [6.45, 7) is 0. The molecule has 0 spiro atoms. The van der Waals surface area contributed by atoms with Crippen molar-refractivity contribution < 1.29 is 14.3 Å². The Morgan fingerprint density at radius 1 is 1.31 bits per heavy atom. The van der Waals surface area contributed by atoms with Gasteiger partial charge in [0.1, 0.15) is 11.9 Å². The summed E-state index contributed by atoms with van der Waals surface area (Å²) in [6.07, 6.45) is 1.99. The molecule has 3 rings (SSSR count). The van der Waals surface area contributed by atoms with Crippen LogP contribution in [-0.2, 0) is 9.53 Å². The van der Waals surface area contributed by atoms with E-state index >= 15 is 0 Å². The molecule has 2 aliphatic rings. The van der Waals surface area contributed by atoms with Gasteiger partial charge >= 0.3 is 5.97 Å². The van der Waals surface area contributed by atoms with Crippen LogP contribution in [0.4, 0.5) is 0 Å². The molecule has 1 aliphatic carbocycles. The van der Waals surface area contributed by atoms with Crippen molar-refractivity contribution in [1.82, 2.24) is 0 Å². The Morgan fingerprint density at radius 2 is 2.06 bits per heavy atom. The molecule has 1 unspecified atom stereocenters. The second-order valence-electron chi connectivity index (χ2n) is 4.43. The standard InChI is InChI=1S/C13H12O3/c14-11(8-5-6-8)7-12-9-3-1-2-4-10(9)13(15)16-12/h1-4,8,12H,5-7H2. The molecular weight excluding hydrogens is 204 g/mol. The van der Waals surface area contributed by atoms with E-state index in [4.69, 9.17) is 4.74 Å². The van der Waals surface area contributed by atoms with Crippen LogP contribution in [0.15, 0.2) is 24.3 Å². The minimum Gasteiger partial charge on any atom is -0.453 e. The van der Waals surface area contributed by atoms with Crippen LogP contribution in [-0.4, -0.2) is 11.8 Å². The normalized spacial score (nSPS) is 22.8. The Bertz CT molecular complexity index is 460. The lowest BCUT2D eigenvalue weighted by atomic mass is 10.0. The molecule has 1 aromatic carbocycles. The molecule has 1 atom stereocenters. The molecule has 3 heteroatoms. The highest BCUT2D eigenvalue weighted by molar-refractivity contribution is 5.95. The van der Waals surface area contributed by atoms with Crippen molar-refractivity contribution in [3.63, 3.8) is 0 Å². The molecule has 1 aromatic rings. The summed E-state index contributed by atoms with van der Waals surface area (Å²) in [4.78, 5) is 23.2. The van der Waals surface area contributed by atoms with Crippen LogP contribution in [0, 0.1) is 5.92 Å². The fraction of sp³-hybridized carbons (Fsp3) is 0.385. The number of carbonyl (C=O) groups is 2. The van der Waals surface area contributed by atoms with E-state index in [-0.39, 0.29) is 23.8 Å². The second kappa shape index (κ2) is 3.44. The number of rotatable bonds is 3. The molecule has 1 saturated carbocycles. The third-order valence-electron chi connectivity index (χ3n) is 3.20. The topological polar surface area (TPSA) is 43.4 Å². The van der Waals surface area contributed by atoms with E-state index in [9.17, 15) is 9.59 Å². The van der Waals surface area contributed by atoms with Crippen molar-refractivity contribution in [1.29, 1.82) is 0 Å². The van der Waals surface area contributed by atoms with Crippen molar-refractivity contribution in [2.75, 3.05) is 0 Å². The smallest absolute Gasteiger partial charge is 0.339 e. The van der Waals surface area contributed by atoms with E-state index in [1.54, 1.807) is 6.07 Å². The van der Waals surface area contributed by atoms with Gasteiger partial charge in [0.15, 0.2) is 0 Å². The molecule has 0 saturated heterocycles. The predicted molar refractivity (Wildman–Crippen MR) is 56.9 cm³/mol. The monoisotopic (exact) mass is 216 g/mol. The highest BCUT2D eigenvalue weighted by Gasteiger charge is 2.36. The number of carbonyl (C=O) groups excluding carboxylic acids is 2. The Hall–Kier alpha value is -1.64. The van der Waals surface area contributed by atoms with Gasteiger partial charge in [-0.1, -0.05) is 18.2 Å². The molecule has 1 aliphatic heterocycles. The van der Waals surface area contributed by atoms with Crippen molar-refractivity contribution in [3.8, 4) is 0 Å². The third kappa shape index (κ3) is 1.52. The maximum absolute atomic E-state index is 11.7. The number of hydrogen-bond acceptors (Lipinski definition) is 3. The Kier molecular flexibility index (Phi) is 2.06. The summed E-state index contributed by atoms with van der Waals surface area (Å²) in [5.74, 6) is 0.158. The van der Waals surface area contributed by atoms with E-state index in [0.29, 0.717) is 12.0 Å². The third-order valence-corrected chi connectivity index (χ3v) is 3.20. The van der Waals surface area contributed by atoms with Crippen molar-refractivity contribution in [2.45, 2.75) is 25.4 Å². The molecule has 0 N–H and O–H groups in total. The zero-order chi connectivity index (χ0) is 11.1. The number of ketones is 1. The molecule has 0 radical (unpaired) electrons. The van der Waals surface area contributed by atoms with Gasteiger partial charge in [0.2, 0.25) is 0 Å². The Morgan fingerprint density at radius 3 is 2.81 bits per heavy atom. The average Bonchev–Trinajstić information content (AvgIpc) is 3.08. The van der Waals surface area contributed by atoms with Crippen LogP contribution in [0.1, 0.15) is 41.3 Å². The van der Waals surface area contributed by atoms with Gasteiger partial charge in [-0.3, -0.25) is 4.79 Å². The number of esters is 1. The number of fused-ring (bicyclic) bond motifs is 1. The molecule has 0 aromatic heterocycles. The molecule has 0 bridgehead atoms. The van der Waals surface area contributed by atoms with E-state index in [0.717, 1.165) is 18.4 Å². The van der Waals surface area contributed by atoms with Gasteiger partial charge in [-0.25, -0.2) is 4.79 Å². The van der Waals surface area contributed by atoms with Crippen LogP contribution >= 0.6 is 0 Å². The molecule has 0 amide bonds. The highest BCUT2D eigenvalue weighted by atomic mass is 16.5. The summed E-state index contributed by atoms with van der Waals surface area (Å²) in [7, 11) is 0. The van der Waals surface area contributed by atoms with Crippen LogP contribution in [0.5, 0.6) is 0 Å². The maximum atomic E-state index is 11.7. The lowest BCUT2D eigenvalue weighted by Gasteiger charge is -2.08. The van der Waals surface area contributed by atoms with Gasteiger partial charge in [0, 0.05) is 17.9 Å². The van der Waals surface area contributed by atoms with Crippen molar-refractivity contribution >= 4 is 11.8 Å². The van der Waals surface area contributed by atoms with Crippen LogP contribution < -0.4 is 0 Å². The number of ether oxygens (including phenoxy) is 1. The van der Waals surface area contributed by atoms with Gasteiger partial charge in [0.05, 0.1) is 5.56 Å². The lowest BCUT2D eigenvalue weighted by Crippen LogP contribution is -2.08. The zero-order valence-electron chi connectivity index (χ0n) is 8.81. The van der Waals surface area contributed by atoms with E-state index in [2.05, 4.69) is 0 Å². The Labute approximate surface area is 93.4 Å². The zero-order valence-corrected chi connectivity index (χ0v) is 8.81. The predicted octanol–water partition coefficient (Wildman–Crippen LogP) is 2.27. The first-order valence-electron chi connectivity index (χ1n) is 5.58. The lowest BCUT2D eigenvalue weighted by molar-refractivity contribution is -0.122. The van der Waals surface area contributed by atoms with Gasteiger partial charge in [-0.05, 0) is 18.9 Å². The number of Topliss-reactive ketones (excluding diaryl/α,β-unsaturated/α-hetero) is 1. The summed E-state index contributed by atoms with van der Waals surface area (Å²) in [5.41, 5.74) is 1.47. The second-order valence-corrected chi connectivity index (χ2v) is 4.43. The molecule has 16 heavy (non-hydrogen) atoms. The van der Waals surface area contributed by atoms with E-state index in [1.807, 2.05) is 18.2 Å². The van der Waals surface area contributed by atoms with Gasteiger partial charge < -0.3 is 4.74 Å². The largest absolute Gasteiger partial charge is 0.453 e. The minimum absolute atomic E-state index is 0.228. The summed E-state index contributed by atoms with van der Waals surface area (Å²) in [5, 5.41) is 0. The molecule has 1 fully saturated rings. The van der Waals surface area contributed by atoms with Gasteiger partial charge in [-0.15, -0.1) is 0 Å². The molecule has 1 heterocycles. The van der Waals surface area contributed by atoms with Crippen molar-refractivity contribution in [3.05, 3.63) is 35.4 Å². The maximum Gasteiger partial charge on any atom is 0.339 e. The fourth-order valence-corrected chi connectivity index (χ4v) is 2.13. The van der Waals surface area contributed by atoms with Crippen LogP contribution in [0.2, 0.25) is 0 Å². The Balaban J connectivity index is 1.82. The van der Waals surface area contributed by atoms with E-state index in [1.165, 1.54) is 0 Å². The number of cyclic esters (lactones) is 1. The summed E-state index contributed by atoms with van der Waals surface area (Å²) < 4.78 is 5.22. The first-order valence-corrected chi connectivity index (χ1v) is 5.58. The summed E-state index contributed by atoms with van der Waals surface area (Å²) >= 11 is 0. The first kappa shape index (κ1) is 9.58. The highest BCUT2D eigenvalue weighted by Crippen LogP contribution is 2.37. The van der Waals surface area contributed by atoms with Gasteiger partial charge in [0.25, 0.3) is 0 Å². The molecular formula is C13H12O3. The first-order chi connectivity index (χ1) is 7.75. The minimum atomic E-state index is -0.350. The average molecular weight is 216 g/mol. The van der Waals surface area contributed by atoms with Crippen LogP contribution in [0.3, 0.4) is 0 Å². The fourth-order valence-electron chi connectivity index (χ4n) is 2.13. The SMILES string of the molecule is O=C1OC(CC(=O)C2CC2)c2ccccc21. The van der Waals surface area contributed by atoms with Crippen molar-refractivity contribution in [2.24, 2.45) is 5.92 Å². The molecule has 82 valence electrons. The quantitative estimate of drug-likeness (QED) is 0.728.